The van der Waals surface area contributed by atoms with Gasteiger partial charge in [0.15, 0.2) is 22.0 Å². The monoisotopic (exact) mass is 359 g/mol. The first-order chi connectivity index (χ1) is 12.1. The molecule has 3 rings (SSSR count). The third-order valence-electron chi connectivity index (χ3n) is 3.54. The summed E-state index contributed by atoms with van der Waals surface area (Å²) in [6, 6.07) is 5.28. The number of thiazole rings is 1. The molecule has 0 aliphatic carbocycles. The lowest BCUT2D eigenvalue weighted by atomic mass is 10.3. The molecular weight excluding hydrogens is 342 g/mol. The van der Waals surface area contributed by atoms with E-state index in [1.807, 2.05) is 16.7 Å². The van der Waals surface area contributed by atoms with Crippen molar-refractivity contribution in [2.75, 3.05) is 14.2 Å². The van der Waals surface area contributed by atoms with Gasteiger partial charge in [-0.2, -0.15) is 4.99 Å². The largest absolute Gasteiger partial charge is 0.493 e. The average molecular weight is 359 g/mol. The van der Waals surface area contributed by atoms with Crippen LogP contribution < -0.4 is 14.3 Å². The van der Waals surface area contributed by atoms with E-state index >= 15 is 0 Å². The molecule has 130 valence electrons. The third kappa shape index (κ3) is 3.20. The summed E-state index contributed by atoms with van der Waals surface area (Å²) in [5, 5.41) is 3.71. The van der Waals surface area contributed by atoms with E-state index in [0.29, 0.717) is 28.6 Å². The lowest BCUT2D eigenvalue weighted by Crippen LogP contribution is -2.16. The quantitative estimate of drug-likeness (QED) is 0.655. The van der Waals surface area contributed by atoms with Crippen LogP contribution in [0, 0.1) is 6.92 Å². The van der Waals surface area contributed by atoms with Crippen LogP contribution in [-0.4, -0.2) is 29.9 Å². The van der Waals surface area contributed by atoms with Gasteiger partial charge in [0.05, 0.1) is 24.4 Å². The molecule has 0 bridgehead atoms. The van der Waals surface area contributed by atoms with Crippen LogP contribution in [-0.2, 0) is 6.54 Å². The molecule has 3 aromatic rings. The van der Waals surface area contributed by atoms with Crippen LogP contribution >= 0.6 is 11.3 Å². The minimum Gasteiger partial charge on any atom is -0.493 e. The Morgan fingerprint density at radius 1 is 1.36 bits per heavy atom. The molecule has 7 nitrogen and oxygen atoms in total. The van der Waals surface area contributed by atoms with Crippen molar-refractivity contribution >= 4 is 27.5 Å². The summed E-state index contributed by atoms with van der Waals surface area (Å²) in [7, 11) is 3.16. The SMILES string of the molecule is C=CCn1c(=NC(=O)c2cc(C)on2)sc2cc(OC)c(OC)cc21. The van der Waals surface area contributed by atoms with Crippen LogP contribution in [0.2, 0.25) is 0 Å². The van der Waals surface area contributed by atoms with Gasteiger partial charge < -0.3 is 18.6 Å². The van der Waals surface area contributed by atoms with Crippen LogP contribution in [0.4, 0.5) is 0 Å². The third-order valence-corrected chi connectivity index (χ3v) is 4.59. The van der Waals surface area contributed by atoms with E-state index < -0.39 is 5.91 Å². The minimum atomic E-state index is -0.458. The number of aromatic nitrogens is 2. The van der Waals surface area contributed by atoms with Gasteiger partial charge in [0.2, 0.25) is 0 Å². The lowest BCUT2D eigenvalue weighted by Gasteiger charge is -2.08. The van der Waals surface area contributed by atoms with E-state index in [4.69, 9.17) is 14.0 Å². The first kappa shape index (κ1) is 17.0. The Hall–Kier alpha value is -2.87. The van der Waals surface area contributed by atoms with Gasteiger partial charge in [-0.3, -0.25) is 4.79 Å². The fourth-order valence-electron chi connectivity index (χ4n) is 2.40. The second-order valence-corrected chi connectivity index (χ2v) is 6.21. The summed E-state index contributed by atoms with van der Waals surface area (Å²) >= 11 is 1.38. The highest BCUT2D eigenvalue weighted by atomic mass is 32.1. The number of hydrogen-bond donors (Lipinski definition) is 0. The van der Waals surface area contributed by atoms with Crippen molar-refractivity contribution in [3.63, 3.8) is 0 Å². The van der Waals surface area contributed by atoms with E-state index in [9.17, 15) is 4.79 Å². The number of hydrogen-bond acceptors (Lipinski definition) is 6. The van der Waals surface area contributed by atoms with Crippen LogP contribution in [0.25, 0.3) is 10.2 Å². The number of carbonyl (C=O) groups is 1. The van der Waals surface area contributed by atoms with Gasteiger partial charge in [-0.15, -0.1) is 6.58 Å². The molecule has 8 heteroatoms. The highest BCUT2D eigenvalue weighted by Gasteiger charge is 2.14. The second kappa shape index (κ2) is 6.94. The van der Waals surface area contributed by atoms with Gasteiger partial charge in [0.25, 0.3) is 0 Å². The van der Waals surface area contributed by atoms with E-state index in [-0.39, 0.29) is 5.69 Å². The maximum Gasteiger partial charge on any atom is 0.301 e. The molecule has 0 atom stereocenters. The lowest BCUT2D eigenvalue weighted by molar-refractivity contribution is 0.0989. The molecule has 0 unspecified atom stereocenters. The summed E-state index contributed by atoms with van der Waals surface area (Å²) in [4.78, 5) is 17.1. The van der Waals surface area contributed by atoms with Crippen LogP contribution in [0.15, 0.2) is 40.4 Å². The number of allylic oxidation sites excluding steroid dienone is 1. The average Bonchev–Trinajstić information content (AvgIpc) is 3.18. The molecule has 0 spiro atoms. The van der Waals surface area contributed by atoms with Crippen molar-refractivity contribution in [2.24, 2.45) is 4.99 Å². The van der Waals surface area contributed by atoms with Crippen LogP contribution in [0.5, 0.6) is 11.5 Å². The number of carbonyl (C=O) groups excluding carboxylic acids is 1. The van der Waals surface area contributed by atoms with Gasteiger partial charge in [-0.05, 0) is 6.92 Å². The Bertz CT molecular complexity index is 1010. The zero-order valence-corrected chi connectivity index (χ0v) is 14.9. The van der Waals surface area contributed by atoms with E-state index in [2.05, 4.69) is 16.7 Å². The van der Waals surface area contributed by atoms with Gasteiger partial charge >= 0.3 is 5.91 Å². The van der Waals surface area contributed by atoms with Gasteiger partial charge in [-0.1, -0.05) is 22.6 Å². The summed E-state index contributed by atoms with van der Waals surface area (Å²) < 4.78 is 18.4. The number of amides is 1. The molecule has 1 amide bonds. The molecule has 0 fully saturated rings. The van der Waals surface area contributed by atoms with E-state index in [1.165, 1.54) is 11.3 Å². The second-order valence-electron chi connectivity index (χ2n) is 5.20. The smallest absolute Gasteiger partial charge is 0.301 e. The van der Waals surface area contributed by atoms with E-state index in [1.54, 1.807) is 33.3 Å². The topological polar surface area (TPSA) is 78.9 Å². The van der Waals surface area contributed by atoms with Crippen LogP contribution in [0.3, 0.4) is 0 Å². The summed E-state index contributed by atoms with van der Waals surface area (Å²) in [5.74, 6) is 1.33. The zero-order chi connectivity index (χ0) is 18.0. The molecular formula is C17H17N3O4S. The Balaban J connectivity index is 2.19. The van der Waals surface area contributed by atoms with Crippen molar-refractivity contribution < 1.29 is 18.8 Å². The minimum absolute atomic E-state index is 0.176. The Morgan fingerprint density at radius 2 is 2.08 bits per heavy atom. The molecule has 25 heavy (non-hydrogen) atoms. The molecule has 1 aromatic carbocycles. The molecule has 0 saturated heterocycles. The molecule has 0 N–H and O–H groups in total. The van der Waals surface area contributed by atoms with Crippen molar-refractivity contribution in [3.05, 3.63) is 47.1 Å². The Morgan fingerprint density at radius 3 is 2.68 bits per heavy atom. The zero-order valence-electron chi connectivity index (χ0n) is 14.1. The number of nitrogens with zero attached hydrogens (tertiary/aromatic N) is 3. The van der Waals surface area contributed by atoms with Crippen molar-refractivity contribution in [1.82, 2.24) is 9.72 Å². The predicted molar refractivity (Wildman–Crippen MR) is 94.2 cm³/mol. The van der Waals surface area contributed by atoms with Crippen molar-refractivity contribution in [1.29, 1.82) is 0 Å². The maximum absolute atomic E-state index is 12.3. The standard InChI is InChI=1S/C17H17N3O4S/c1-5-6-20-12-8-13(22-3)14(23-4)9-15(12)25-17(20)18-16(21)11-7-10(2)24-19-11/h5,7-9H,1,6H2,2-4H3. The number of benzene rings is 1. The molecule has 0 aliphatic rings. The normalized spacial score (nSPS) is 11.7. The highest BCUT2D eigenvalue weighted by Crippen LogP contribution is 2.33. The number of fused-ring (bicyclic) bond motifs is 1. The fourth-order valence-corrected chi connectivity index (χ4v) is 3.45. The molecule has 0 radical (unpaired) electrons. The molecule has 2 heterocycles. The fraction of sp³-hybridized carbons (Fsp3) is 0.235. The van der Waals surface area contributed by atoms with E-state index in [0.717, 1.165) is 10.2 Å². The Labute approximate surface area is 147 Å². The first-order valence-electron chi connectivity index (χ1n) is 7.46. The Kier molecular flexibility index (Phi) is 4.71. The molecule has 2 aromatic heterocycles. The number of rotatable bonds is 5. The highest BCUT2D eigenvalue weighted by molar-refractivity contribution is 7.16. The van der Waals surface area contributed by atoms with Gasteiger partial charge in [-0.25, -0.2) is 0 Å². The summed E-state index contributed by atoms with van der Waals surface area (Å²) in [6.07, 6.45) is 1.74. The van der Waals surface area contributed by atoms with Crippen molar-refractivity contribution in [2.45, 2.75) is 13.5 Å². The summed E-state index contributed by atoms with van der Waals surface area (Å²) in [5.41, 5.74) is 1.06. The summed E-state index contributed by atoms with van der Waals surface area (Å²) in [6.45, 7) is 6.00. The predicted octanol–water partition coefficient (Wildman–Crippen LogP) is 2.94. The van der Waals surface area contributed by atoms with Crippen molar-refractivity contribution in [3.8, 4) is 11.5 Å². The number of ether oxygens (including phenoxy) is 2. The van der Waals surface area contributed by atoms with Gasteiger partial charge in [0, 0.05) is 24.7 Å². The molecule has 0 aliphatic heterocycles. The number of methoxy groups -OCH3 is 2. The number of aryl methyl sites for hydroxylation is 1. The van der Waals surface area contributed by atoms with Crippen LogP contribution in [0.1, 0.15) is 16.2 Å². The van der Waals surface area contributed by atoms with Gasteiger partial charge in [0.1, 0.15) is 5.76 Å². The molecule has 0 saturated carbocycles. The first-order valence-corrected chi connectivity index (χ1v) is 8.27. The maximum atomic E-state index is 12.3.